The SMILES string of the molecule is CC.Cc1ccc(-c2cnn(CCN(C)C)c2)cc1. The normalized spacial score (nSPS) is 10.2. The van der Waals surface area contributed by atoms with Crippen molar-refractivity contribution in [3.63, 3.8) is 0 Å². The molecule has 0 unspecified atom stereocenters. The van der Waals surface area contributed by atoms with Gasteiger partial charge in [0.2, 0.25) is 0 Å². The Morgan fingerprint density at radius 3 is 2.26 bits per heavy atom. The van der Waals surface area contributed by atoms with Crippen molar-refractivity contribution in [3.05, 3.63) is 42.2 Å². The first-order valence-electron chi connectivity index (χ1n) is 6.89. The van der Waals surface area contributed by atoms with E-state index in [1.165, 1.54) is 16.7 Å². The van der Waals surface area contributed by atoms with Gasteiger partial charge in [-0.15, -0.1) is 0 Å². The van der Waals surface area contributed by atoms with Crippen LogP contribution < -0.4 is 0 Å². The molecule has 0 amide bonds. The molecule has 3 nitrogen and oxygen atoms in total. The van der Waals surface area contributed by atoms with Crippen LogP contribution in [0.25, 0.3) is 11.1 Å². The summed E-state index contributed by atoms with van der Waals surface area (Å²) < 4.78 is 2.00. The molecule has 2 rings (SSSR count). The number of likely N-dealkylation sites (N-methyl/N-ethyl adjacent to an activating group) is 1. The molecule has 0 N–H and O–H groups in total. The van der Waals surface area contributed by atoms with Crippen LogP contribution in [-0.2, 0) is 6.54 Å². The van der Waals surface area contributed by atoms with Crippen molar-refractivity contribution in [2.45, 2.75) is 27.3 Å². The van der Waals surface area contributed by atoms with Crippen molar-refractivity contribution in [1.82, 2.24) is 14.7 Å². The Labute approximate surface area is 116 Å². The van der Waals surface area contributed by atoms with Crippen molar-refractivity contribution in [2.24, 2.45) is 0 Å². The van der Waals surface area contributed by atoms with Gasteiger partial charge in [-0.3, -0.25) is 4.68 Å². The van der Waals surface area contributed by atoms with Crippen LogP contribution in [0.2, 0.25) is 0 Å². The largest absolute Gasteiger partial charge is 0.308 e. The van der Waals surface area contributed by atoms with Gasteiger partial charge in [0, 0.05) is 18.3 Å². The third-order valence-electron chi connectivity index (χ3n) is 2.79. The van der Waals surface area contributed by atoms with E-state index in [1.807, 2.05) is 24.7 Å². The summed E-state index contributed by atoms with van der Waals surface area (Å²) in [5.41, 5.74) is 3.70. The highest BCUT2D eigenvalue weighted by Gasteiger charge is 2.01. The topological polar surface area (TPSA) is 21.1 Å². The van der Waals surface area contributed by atoms with Crippen molar-refractivity contribution in [3.8, 4) is 11.1 Å². The number of aryl methyl sites for hydroxylation is 1. The summed E-state index contributed by atoms with van der Waals surface area (Å²) >= 11 is 0. The quantitative estimate of drug-likeness (QED) is 0.838. The molecule has 0 aliphatic rings. The van der Waals surface area contributed by atoms with E-state index in [1.54, 1.807) is 0 Å². The van der Waals surface area contributed by atoms with Gasteiger partial charge in [0.15, 0.2) is 0 Å². The minimum absolute atomic E-state index is 0.929. The van der Waals surface area contributed by atoms with Gasteiger partial charge in [-0.25, -0.2) is 0 Å². The summed E-state index contributed by atoms with van der Waals surface area (Å²) in [7, 11) is 4.15. The standard InChI is InChI=1S/C14H19N3.C2H6/c1-12-4-6-13(7-5-12)14-10-15-17(11-14)9-8-16(2)3;1-2/h4-7,10-11H,8-9H2,1-3H3;1-2H3. The van der Waals surface area contributed by atoms with Crippen LogP contribution in [-0.4, -0.2) is 35.3 Å². The fraction of sp³-hybridized carbons (Fsp3) is 0.438. The zero-order valence-corrected chi connectivity index (χ0v) is 12.7. The summed E-state index contributed by atoms with van der Waals surface area (Å²) in [5, 5.41) is 4.38. The molecule has 1 aromatic heterocycles. The third kappa shape index (κ3) is 4.87. The first-order valence-corrected chi connectivity index (χ1v) is 6.89. The minimum Gasteiger partial charge on any atom is -0.308 e. The molecule has 2 aromatic rings. The lowest BCUT2D eigenvalue weighted by atomic mass is 10.1. The molecular weight excluding hydrogens is 234 g/mol. The molecule has 0 saturated heterocycles. The van der Waals surface area contributed by atoms with E-state index in [0.29, 0.717) is 0 Å². The smallest absolute Gasteiger partial charge is 0.0568 e. The van der Waals surface area contributed by atoms with Gasteiger partial charge in [-0.1, -0.05) is 43.7 Å². The molecule has 0 saturated carbocycles. The van der Waals surface area contributed by atoms with Crippen LogP contribution in [0.5, 0.6) is 0 Å². The molecule has 3 heteroatoms. The van der Waals surface area contributed by atoms with Crippen molar-refractivity contribution in [2.75, 3.05) is 20.6 Å². The molecular formula is C16H25N3. The summed E-state index contributed by atoms with van der Waals surface area (Å²) in [6, 6.07) is 8.55. The average molecular weight is 259 g/mol. The monoisotopic (exact) mass is 259 g/mol. The lowest BCUT2D eigenvalue weighted by molar-refractivity contribution is 0.373. The molecule has 1 aromatic carbocycles. The second-order valence-corrected chi connectivity index (χ2v) is 4.66. The maximum Gasteiger partial charge on any atom is 0.0568 e. The molecule has 0 aliphatic heterocycles. The Balaban J connectivity index is 0.000000861. The van der Waals surface area contributed by atoms with Crippen molar-refractivity contribution in [1.29, 1.82) is 0 Å². The minimum atomic E-state index is 0.929. The Bertz CT molecular complexity index is 469. The van der Waals surface area contributed by atoms with Crippen LogP contribution in [0.15, 0.2) is 36.7 Å². The van der Waals surface area contributed by atoms with Gasteiger partial charge in [-0.2, -0.15) is 5.10 Å². The zero-order valence-electron chi connectivity index (χ0n) is 12.7. The number of hydrogen-bond donors (Lipinski definition) is 0. The first-order chi connectivity index (χ1) is 9.15. The van der Waals surface area contributed by atoms with Gasteiger partial charge >= 0.3 is 0 Å². The predicted octanol–water partition coefficient (Wildman–Crippen LogP) is 3.45. The van der Waals surface area contributed by atoms with E-state index < -0.39 is 0 Å². The highest BCUT2D eigenvalue weighted by molar-refractivity contribution is 5.61. The van der Waals surface area contributed by atoms with Crippen LogP contribution >= 0.6 is 0 Å². The zero-order chi connectivity index (χ0) is 14.3. The fourth-order valence-corrected chi connectivity index (χ4v) is 1.68. The van der Waals surface area contributed by atoms with E-state index in [0.717, 1.165) is 13.1 Å². The van der Waals surface area contributed by atoms with Gasteiger partial charge in [0.25, 0.3) is 0 Å². The molecule has 0 atom stereocenters. The molecule has 0 aliphatic carbocycles. The molecule has 0 bridgehead atoms. The summed E-state index contributed by atoms with van der Waals surface area (Å²) in [5.74, 6) is 0. The first kappa shape index (κ1) is 15.4. The van der Waals surface area contributed by atoms with E-state index >= 15 is 0 Å². The van der Waals surface area contributed by atoms with Crippen LogP contribution in [0.1, 0.15) is 19.4 Å². The van der Waals surface area contributed by atoms with Gasteiger partial charge in [-0.05, 0) is 26.6 Å². The van der Waals surface area contributed by atoms with Crippen molar-refractivity contribution < 1.29 is 0 Å². The number of rotatable bonds is 4. The fourth-order valence-electron chi connectivity index (χ4n) is 1.68. The highest BCUT2D eigenvalue weighted by atomic mass is 15.3. The molecule has 0 fully saturated rings. The Morgan fingerprint density at radius 1 is 1.05 bits per heavy atom. The molecule has 0 radical (unpaired) electrons. The molecule has 104 valence electrons. The number of aromatic nitrogens is 2. The summed E-state index contributed by atoms with van der Waals surface area (Å²) in [4.78, 5) is 2.16. The summed E-state index contributed by atoms with van der Waals surface area (Å²) in [6.45, 7) is 8.04. The van der Waals surface area contributed by atoms with E-state index in [4.69, 9.17) is 0 Å². The average Bonchev–Trinajstić information content (AvgIpc) is 2.88. The third-order valence-corrected chi connectivity index (χ3v) is 2.79. The number of nitrogens with zero attached hydrogens (tertiary/aromatic N) is 3. The summed E-state index contributed by atoms with van der Waals surface area (Å²) in [6.07, 6.45) is 4.04. The second-order valence-electron chi connectivity index (χ2n) is 4.66. The maximum absolute atomic E-state index is 4.38. The second kappa shape index (κ2) is 7.74. The highest BCUT2D eigenvalue weighted by Crippen LogP contribution is 2.18. The Morgan fingerprint density at radius 2 is 1.68 bits per heavy atom. The molecule has 1 heterocycles. The van der Waals surface area contributed by atoms with E-state index in [2.05, 4.69) is 61.5 Å². The Hall–Kier alpha value is -1.61. The Kier molecular flexibility index (Phi) is 6.30. The van der Waals surface area contributed by atoms with Gasteiger partial charge in [0.05, 0.1) is 12.7 Å². The van der Waals surface area contributed by atoms with Gasteiger partial charge in [0.1, 0.15) is 0 Å². The lowest BCUT2D eigenvalue weighted by Crippen LogP contribution is -2.18. The number of hydrogen-bond acceptors (Lipinski definition) is 2. The lowest BCUT2D eigenvalue weighted by Gasteiger charge is -2.08. The molecule has 0 spiro atoms. The van der Waals surface area contributed by atoms with Crippen LogP contribution in [0, 0.1) is 6.92 Å². The molecule has 19 heavy (non-hydrogen) atoms. The number of benzene rings is 1. The van der Waals surface area contributed by atoms with E-state index in [-0.39, 0.29) is 0 Å². The van der Waals surface area contributed by atoms with Crippen LogP contribution in [0.3, 0.4) is 0 Å². The van der Waals surface area contributed by atoms with Crippen molar-refractivity contribution >= 4 is 0 Å². The van der Waals surface area contributed by atoms with E-state index in [9.17, 15) is 0 Å². The van der Waals surface area contributed by atoms with Crippen LogP contribution in [0.4, 0.5) is 0 Å². The van der Waals surface area contributed by atoms with Gasteiger partial charge < -0.3 is 4.90 Å². The maximum atomic E-state index is 4.38. The predicted molar refractivity (Wildman–Crippen MR) is 82.3 cm³/mol.